The van der Waals surface area contributed by atoms with Crippen LogP contribution in [0.1, 0.15) is 16.7 Å². The summed E-state index contributed by atoms with van der Waals surface area (Å²) in [7, 11) is -0.358. The molecule has 2 aromatic carbocycles. The zero-order valence-electron chi connectivity index (χ0n) is 13.3. The van der Waals surface area contributed by atoms with E-state index in [0.29, 0.717) is 17.2 Å². The van der Waals surface area contributed by atoms with Gasteiger partial charge in [0.25, 0.3) is 0 Å². The Balaban J connectivity index is 2.36. The molecule has 0 saturated carbocycles. The van der Waals surface area contributed by atoms with Gasteiger partial charge in [-0.25, -0.2) is 8.42 Å². The number of ether oxygens (including phenoxy) is 1. The molecular weight excluding hydrogens is 298 g/mol. The summed E-state index contributed by atoms with van der Waals surface area (Å²) in [6.45, 7) is 4.01. The van der Waals surface area contributed by atoms with Crippen LogP contribution in [-0.4, -0.2) is 26.9 Å². The molecule has 118 valence electrons. The van der Waals surface area contributed by atoms with Crippen molar-refractivity contribution in [1.82, 2.24) is 4.31 Å². The van der Waals surface area contributed by atoms with Gasteiger partial charge in [-0.05, 0) is 42.7 Å². The number of benzene rings is 2. The summed E-state index contributed by atoms with van der Waals surface area (Å²) in [5.41, 5.74) is 2.52. The van der Waals surface area contributed by atoms with Gasteiger partial charge in [0.2, 0.25) is 10.0 Å². The number of hydrogen-bond acceptors (Lipinski definition) is 3. The van der Waals surface area contributed by atoms with Crippen molar-refractivity contribution in [3.8, 4) is 5.75 Å². The highest BCUT2D eigenvalue weighted by atomic mass is 32.2. The molecule has 22 heavy (non-hydrogen) atoms. The van der Waals surface area contributed by atoms with E-state index in [1.54, 1.807) is 33.2 Å². The molecule has 0 aromatic heterocycles. The zero-order chi connectivity index (χ0) is 16.3. The van der Waals surface area contributed by atoms with Crippen molar-refractivity contribution >= 4 is 10.0 Å². The fourth-order valence-electron chi connectivity index (χ4n) is 2.36. The molecule has 0 aliphatic carbocycles. The Morgan fingerprint density at radius 2 is 1.64 bits per heavy atom. The number of hydrogen-bond donors (Lipinski definition) is 0. The average molecular weight is 319 g/mol. The topological polar surface area (TPSA) is 46.6 Å². The third kappa shape index (κ3) is 3.15. The maximum atomic E-state index is 12.8. The molecular formula is C17H21NO3S. The van der Waals surface area contributed by atoms with E-state index in [0.717, 1.165) is 16.7 Å². The molecule has 2 aromatic rings. The van der Waals surface area contributed by atoms with E-state index >= 15 is 0 Å². The highest BCUT2D eigenvalue weighted by molar-refractivity contribution is 7.89. The van der Waals surface area contributed by atoms with Crippen molar-refractivity contribution in [2.24, 2.45) is 0 Å². The standard InChI is InChI=1S/C17H21NO3S/c1-13-14(2)17(11-10-16(13)21-4)22(19,20)18(3)12-15-8-6-5-7-9-15/h5-11H,12H2,1-4H3. The van der Waals surface area contributed by atoms with Crippen LogP contribution in [0.25, 0.3) is 0 Å². The Labute approximate surface area is 132 Å². The van der Waals surface area contributed by atoms with Crippen LogP contribution in [0.15, 0.2) is 47.4 Å². The van der Waals surface area contributed by atoms with E-state index < -0.39 is 10.0 Å². The summed E-state index contributed by atoms with van der Waals surface area (Å²) in [4.78, 5) is 0.323. The fraction of sp³-hybridized carbons (Fsp3) is 0.294. The van der Waals surface area contributed by atoms with E-state index in [-0.39, 0.29) is 0 Å². The Morgan fingerprint density at radius 3 is 2.23 bits per heavy atom. The number of rotatable bonds is 5. The molecule has 4 nitrogen and oxygen atoms in total. The lowest BCUT2D eigenvalue weighted by Crippen LogP contribution is -2.27. The highest BCUT2D eigenvalue weighted by Crippen LogP contribution is 2.28. The fourth-order valence-corrected chi connectivity index (χ4v) is 3.80. The van der Waals surface area contributed by atoms with E-state index in [2.05, 4.69) is 0 Å². The predicted octanol–water partition coefficient (Wildman–Crippen LogP) is 3.13. The van der Waals surface area contributed by atoms with Gasteiger partial charge in [-0.15, -0.1) is 0 Å². The van der Waals surface area contributed by atoms with Crippen molar-refractivity contribution in [2.45, 2.75) is 25.3 Å². The normalized spacial score (nSPS) is 11.7. The lowest BCUT2D eigenvalue weighted by atomic mass is 10.1. The van der Waals surface area contributed by atoms with Crippen LogP contribution in [0, 0.1) is 13.8 Å². The minimum absolute atomic E-state index is 0.323. The Morgan fingerprint density at radius 1 is 1.00 bits per heavy atom. The van der Waals surface area contributed by atoms with Crippen molar-refractivity contribution in [2.75, 3.05) is 14.2 Å². The third-order valence-corrected chi connectivity index (χ3v) is 5.79. The number of nitrogens with zero attached hydrogens (tertiary/aromatic N) is 1. The molecule has 0 amide bonds. The molecule has 0 bridgehead atoms. The minimum atomic E-state index is -3.54. The molecule has 0 fully saturated rings. The van der Waals surface area contributed by atoms with Crippen LogP contribution in [0.4, 0.5) is 0 Å². The lowest BCUT2D eigenvalue weighted by molar-refractivity contribution is 0.410. The van der Waals surface area contributed by atoms with E-state index in [1.165, 1.54) is 4.31 Å². The molecule has 0 N–H and O–H groups in total. The second-order valence-electron chi connectivity index (χ2n) is 5.26. The zero-order valence-corrected chi connectivity index (χ0v) is 14.1. The third-order valence-electron chi connectivity index (χ3n) is 3.84. The first kappa shape index (κ1) is 16.5. The van der Waals surface area contributed by atoms with Gasteiger partial charge < -0.3 is 4.74 Å². The van der Waals surface area contributed by atoms with Crippen LogP contribution >= 0.6 is 0 Å². The van der Waals surface area contributed by atoms with Gasteiger partial charge in [0, 0.05) is 13.6 Å². The molecule has 5 heteroatoms. The lowest BCUT2D eigenvalue weighted by Gasteiger charge is -2.20. The quantitative estimate of drug-likeness (QED) is 0.850. The van der Waals surface area contributed by atoms with Gasteiger partial charge in [0.1, 0.15) is 5.75 Å². The van der Waals surface area contributed by atoms with Crippen LogP contribution < -0.4 is 4.74 Å². The molecule has 0 atom stereocenters. The van der Waals surface area contributed by atoms with Crippen molar-refractivity contribution in [3.05, 3.63) is 59.2 Å². The van der Waals surface area contributed by atoms with Crippen LogP contribution in [0.5, 0.6) is 5.75 Å². The van der Waals surface area contributed by atoms with Crippen LogP contribution in [0.2, 0.25) is 0 Å². The molecule has 0 aliphatic heterocycles. The van der Waals surface area contributed by atoms with Crippen LogP contribution in [-0.2, 0) is 16.6 Å². The van der Waals surface area contributed by atoms with E-state index in [1.807, 2.05) is 37.3 Å². The number of sulfonamides is 1. The smallest absolute Gasteiger partial charge is 0.243 e. The molecule has 0 radical (unpaired) electrons. The van der Waals surface area contributed by atoms with Crippen molar-refractivity contribution in [1.29, 1.82) is 0 Å². The average Bonchev–Trinajstić information content (AvgIpc) is 2.50. The second-order valence-corrected chi connectivity index (χ2v) is 7.28. The summed E-state index contributed by atoms with van der Waals surface area (Å²) in [6, 6.07) is 12.9. The van der Waals surface area contributed by atoms with Gasteiger partial charge in [0.05, 0.1) is 12.0 Å². The monoisotopic (exact) mass is 319 g/mol. The van der Waals surface area contributed by atoms with Crippen molar-refractivity contribution in [3.63, 3.8) is 0 Å². The first-order chi connectivity index (χ1) is 10.4. The van der Waals surface area contributed by atoms with Crippen LogP contribution in [0.3, 0.4) is 0 Å². The van der Waals surface area contributed by atoms with Gasteiger partial charge >= 0.3 is 0 Å². The molecule has 0 heterocycles. The Hall–Kier alpha value is -1.85. The molecule has 0 saturated heterocycles. The summed E-state index contributed by atoms with van der Waals surface area (Å²) in [6.07, 6.45) is 0. The summed E-state index contributed by atoms with van der Waals surface area (Å²) in [5.74, 6) is 0.696. The molecule has 2 rings (SSSR count). The largest absolute Gasteiger partial charge is 0.496 e. The summed E-state index contributed by atoms with van der Waals surface area (Å²) in [5, 5.41) is 0. The number of methoxy groups -OCH3 is 1. The van der Waals surface area contributed by atoms with E-state index in [9.17, 15) is 8.42 Å². The van der Waals surface area contributed by atoms with Gasteiger partial charge in [-0.3, -0.25) is 0 Å². The SMILES string of the molecule is COc1ccc(S(=O)(=O)N(C)Cc2ccccc2)c(C)c1C. The Bertz CT molecular complexity index is 755. The first-order valence-electron chi connectivity index (χ1n) is 7.02. The van der Waals surface area contributed by atoms with Crippen molar-refractivity contribution < 1.29 is 13.2 Å². The van der Waals surface area contributed by atoms with Gasteiger partial charge in [0.15, 0.2) is 0 Å². The van der Waals surface area contributed by atoms with E-state index in [4.69, 9.17) is 4.74 Å². The predicted molar refractivity (Wildman–Crippen MR) is 87.6 cm³/mol. The first-order valence-corrected chi connectivity index (χ1v) is 8.46. The molecule has 0 unspecified atom stereocenters. The van der Waals surface area contributed by atoms with Gasteiger partial charge in [-0.1, -0.05) is 30.3 Å². The second kappa shape index (κ2) is 6.50. The molecule has 0 spiro atoms. The molecule has 0 aliphatic rings. The highest BCUT2D eigenvalue weighted by Gasteiger charge is 2.24. The Kier molecular flexibility index (Phi) is 4.88. The summed E-state index contributed by atoms with van der Waals surface area (Å²) >= 11 is 0. The maximum Gasteiger partial charge on any atom is 0.243 e. The maximum absolute atomic E-state index is 12.8. The van der Waals surface area contributed by atoms with Gasteiger partial charge in [-0.2, -0.15) is 4.31 Å². The minimum Gasteiger partial charge on any atom is -0.496 e. The summed E-state index contributed by atoms with van der Waals surface area (Å²) < 4.78 is 32.2.